The molecule has 0 radical (unpaired) electrons. The third kappa shape index (κ3) is 2.75. The van der Waals surface area contributed by atoms with Gasteiger partial charge in [-0.05, 0) is 23.8 Å². The van der Waals surface area contributed by atoms with Crippen LogP contribution in [0.4, 0.5) is 0 Å². The van der Waals surface area contributed by atoms with Crippen molar-refractivity contribution in [3.8, 4) is 16.9 Å². The van der Waals surface area contributed by atoms with E-state index in [1.54, 1.807) is 16.8 Å². The number of para-hydroxylation sites is 1. The van der Waals surface area contributed by atoms with Crippen molar-refractivity contribution in [2.45, 2.75) is 6.04 Å². The summed E-state index contributed by atoms with van der Waals surface area (Å²) in [6.07, 6.45) is 1.89. The summed E-state index contributed by atoms with van der Waals surface area (Å²) in [4.78, 5) is 10.9. The molecule has 0 amide bonds. The predicted octanol–water partition coefficient (Wildman–Crippen LogP) is 2.62. The summed E-state index contributed by atoms with van der Waals surface area (Å²) in [6, 6.07) is 17.8. The first-order valence-corrected chi connectivity index (χ1v) is 6.85. The average molecular weight is 293 g/mol. The second-order valence-corrected chi connectivity index (χ2v) is 4.92. The quantitative estimate of drug-likeness (QED) is 0.774. The molecule has 1 heterocycles. The van der Waals surface area contributed by atoms with E-state index in [-0.39, 0.29) is 0 Å². The summed E-state index contributed by atoms with van der Waals surface area (Å²) in [5, 5.41) is 13.4. The minimum atomic E-state index is -1.04. The maximum Gasteiger partial charge on any atom is 0.325 e. The van der Waals surface area contributed by atoms with Crippen molar-refractivity contribution >= 4 is 5.97 Å². The van der Waals surface area contributed by atoms with Gasteiger partial charge >= 0.3 is 5.97 Å². The van der Waals surface area contributed by atoms with Gasteiger partial charge in [-0.25, -0.2) is 4.68 Å². The van der Waals surface area contributed by atoms with E-state index in [0.717, 1.165) is 16.9 Å². The first kappa shape index (κ1) is 14.0. The summed E-state index contributed by atoms with van der Waals surface area (Å²) < 4.78 is 1.80. The van der Waals surface area contributed by atoms with Crippen molar-refractivity contribution in [2.24, 2.45) is 5.73 Å². The molecule has 5 nitrogen and oxygen atoms in total. The monoisotopic (exact) mass is 293 g/mol. The zero-order chi connectivity index (χ0) is 15.5. The van der Waals surface area contributed by atoms with Gasteiger partial charge in [-0.1, -0.05) is 42.5 Å². The van der Waals surface area contributed by atoms with Gasteiger partial charge in [-0.15, -0.1) is 0 Å². The lowest BCUT2D eigenvalue weighted by molar-refractivity contribution is -0.138. The maximum absolute atomic E-state index is 10.9. The molecule has 1 unspecified atom stereocenters. The van der Waals surface area contributed by atoms with E-state index >= 15 is 0 Å². The van der Waals surface area contributed by atoms with E-state index in [1.807, 2.05) is 54.7 Å². The standard InChI is InChI=1S/C17H15N3O2/c18-16(17(21)22)13-8-6-12(7-9-13)15-10-11-20(19-15)14-4-2-1-3-5-14/h1-11,16H,18H2,(H,21,22). The highest BCUT2D eigenvalue weighted by molar-refractivity contribution is 5.75. The Bertz CT molecular complexity index is 779. The van der Waals surface area contributed by atoms with E-state index in [4.69, 9.17) is 10.8 Å². The fourth-order valence-electron chi connectivity index (χ4n) is 2.21. The second-order valence-electron chi connectivity index (χ2n) is 4.92. The molecule has 0 saturated heterocycles. The highest BCUT2D eigenvalue weighted by Crippen LogP contribution is 2.21. The van der Waals surface area contributed by atoms with Crippen molar-refractivity contribution in [3.05, 3.63) is 72.4 Å². The second kappa shape index (κ2) is 5.83. The molecular weight excluding hydrogens is 278 g/mol. The van der Waals surface area contributed by atoms with Gasteiger partial charge in [0, 0.05) is 11.8 Å². The number of carboxylic acid groups (broad SMARTS) is 1. The number of rotatable bonds is 4. The van der Waals surface area contributed by atoms with Gasteiger partial charge in [0.2, 0.25) is 0 Å². The van der Waals surface area contributed by atoms with Crippen LogP contribution in [0.15, 0.2) is 66.9 Å². The predicted molar refractivity (Wildman–Crippen MR) is 83.6 cm³/mol. The lowest BCUT2D eigenvalue weighted by Crippen LogP contribution is -2.20. The van der Waals surface area contributed by atoms with E-state index in [1.165, 1.54) is 0 Å². The molecule has 0 aliphatic carbocycles. The van der Waals surface area contributed by atoms with Crippen LogP contribution in [0.5, 0.6) is 0 Å². The van der Waals surface area contributed by atoms with Crippen LogP contribution in [-0.2, 0) is 4.79 Å². The summed E-state index contributed by atoms with van der Waals surface area (Å²) in [7, 11) is 0. The molecular formula is C17H15N3O2. The summed E-state index contributed by atoms with van der Waals surface area (Å²) in [5.41, 5.74) is 8.87. The molecule has 1 aromatic heterocycles. The molecule has 0 aliphatic heterocycles. The Morgan fingerprint density at radius 3 is 2.36 bits per heavy atom. The fourth-order valence-corrected chi connectivity index (χ4v) is 2.21. The van der Waals surface area contributed by atoms with Gasteiger partial charge in [0.25, 0.3) is 0 Å². The molecule has 3 aromatic rings. The van der Waals surface area contributed by atoms with Crippen molar-refractivity contribution in [3.63, 3.8) is 0 Å². The van der Waals surface area contributed by atoms with Crippen molar-refractivity contribution in [2.75, 3.05) is 0 Å². The van der Waals surface area contributed by atoms with Crippen LogP contribution < -0.4 is 5.73 Å². The zero-order valence-corrected chi connectivity index (χ0v) is 11.8. The number of carboxylic acids is 1. The Balaban J connectivity index is 1.86. The summed E-state index contributed by atoms with van der Waals surface area (Å²) >= 11 is 0. The van der Waals surface area contributed by atoms with Crippen LogP contribution in [-0.4, -0.2) is 20.9 Å². The van der Waals surface area contributed by atoms with Gasteiger partial charge in [0.15, 0.2) is 0 Å². The van der Waals surface area contributed by atoms with E-state index < -0.39 is 12.0 Å². The molecule has 3 rings (SSSR count). The van der Waals surface area contributed by atoms with Crippen LogP contribution in [0.25, 0.3) is 16.9 Å². The highest BCUT2D eigenvalue weighted by Gasteiger charge is 2.14. The van der Waals surface area contributed by atoms with Crippen LogP contribution in [0.2, 0.25) is 0 Å². The van der Waals surface area contributed by atoms with Gasteiger partial charge in [0.05, 0.1) is 11.4 Å². The fraction of sp³-hybridized carbons (Fsp3) is 0.0588. The topological polar surface area (TPSA) is 81.1 Å². The zero-order valence-electron chi connectivity index (χ0n) is 11.8. The largest absolute Gasteiger partial charge is 0.480 e. The number of nitrogens with two attached hydrogens (primary N) is 1. The van der Waals surface area contributed by atoms with Crippen LogP contribution in [0, 0.1) is 0 Å². The van der Waals surface area contributed by atoms with Gasteiger partial charge in [-0.2, -0.15) is 5.10 Å². The van der Waals surface area contributed by atoms with E-state index in [9.17, 15) is 4.79 Å². The van der Waals surface area contributed by atoms with Gasteiger partial charge in [-0.3, -0.25) is 4.79 Å². The third-order valence-corrected chi connectivity index (χ3v) is 3.44. The lowest BCUT2D eigenvalue weighted by atomic mass is 10.0. The van der Waals surface area contributed by atoms with E-state index in [2.05, 4.69) is 5.10 Å². The molecule has 2 aromatic carbocycles. The third-order valence-electron chi connectivity index (χ3n) is 3.44. The Labute approximate surface area is 127 Å². The normalized spacial score (nSPS) is 12.0. The SMILES string of the molecule is NC(C(=O)O)c1ccc(-c2ccn(-c3ccccc3)n2)cc1. The number of aliphatic carboxylic acids is 1. The number of aromatic nitrogens is 2. The van der Waals surface area contributed by atoms with E-state index in [0.29, 0.717) is 5.56 Å². The maximum atomic E-state index is 10.9. The summed E-state index contributed by atoms with van der Waals surface area (Å²) in [5.74, 6) is -1.04. The Hall–Kier alpha value is -2.92. The molecule has 5 heteroatoms. The van der Waals surface area contributed by atoms with Gasteiger partial charge in [0.1, 0.15) is 6.04 Å². The van der Waals surface area contributed by atoms with Crippen molar-refractivity contribution in [1.29, 1.82) is 0 Å². The molecule has 0 spiro atoms. The molecule has 0 saturated carbocycles. The average Bonchev–Trinajstić information content (AvgIpc) is 3.05. The minimum Gasteiger partial charge on any atom is -0.480 e. The molecule has 0 bridgehead atoms. The molecule has 1 atom stereocenters. The Morgan fingerprint density at radius 2 is 1.73 bits per heavy atom. The summed E-state index contributed by atoms with van der Waals surface area (Å²) in [6.45, 7) is 0. The molecule has 0 fully saturated rings. The highest BCUT2D eigenvalue weighted by atomic mass is 16.4. The Kier molecular flexibility index (Phi) is 3.72. The van der Waals surface area contributed by atoms with Crippen molar-refractivity contribution in [1.82, 2.24) is 9.78 Å². The van der Waals surface area contributed by atoms with Gasteiger partial charge < -0.3 is 10.8 Å². The first-order valence-electron chi connectivity index (χ1n) is 6.85. The molecule has 3 N–H and O–H groups in total. The molecule has 0 aliphatic rings. The van der Waals surface area contributed by atoms with Crippen LogP contribution in [0.1, 0.15) is 11.6 Å². The molecule has 110 valence electrons. The minimum absolute atomic E-state index is 0.568. The Morgan fingerprint density at radius 1 is 1.05 bits per heavy atom. The van der Waals surface area contributed by atoms with Crippen molar-refractivity contribution < 1.29 is 9.90 Å². The molecule has 22 heavy (non-hydrogen) atoms. The number of hydrogen-bond acceptors (Lipinski definition) is 3. The van der Waals surface area contributed by atoms with Crippen LogP contribution >= 0.6 is 0 Å². The van der Waals surface area contributed by atoms with Crippen LogP contribution in [0.3, 0.4) is 0 Å². The number of carbonyl (C=O) groups is 1. The lowest BCUT2D eigenvalue weighted by Gasteiger charge is -2.07. The number of nitrogens with zero attached hydrogens (tertiary/aromatic N) is 2. The number of benzene rings is 2. The number of hydrogen-bond donors (Lipinski definition) is 2. The smallest absolute Gasteiger partial charge is 0.325 e. The first-order chi connectivity index (χ1) is 10.6.